The van der Waals surface area contributed by atoms with Gasteiger partial charge in [-0.15, -0.1) is 11.3 Å². The van der Waals surface area contributed by atoms with E-state index in [1.165, 1.54) is 32.8 Å². The van der Waals surface area contributed by atoms with E-state index in [0.717, 1.165) is 29.0 Å². The Bertz CT molecular complexity index is 1350. The van der Waals surface area contributed by atoms with Gasteiger partial charge in [0.05, 0.1) is 30.7 Å². The van der Waals surface area contributed by atoms with Crippen molar-refractivity contribution in [3.05, 3.63) is 34.3 Å². The highest BCUT2D eigenvalue weighted by atomic mass is 32.2. The highest BCUT2D eigenvalue weighted by Crippen LogP contribution is 2.50. The van der Waals surface area contributed by atoms with Crippen LogP contribution in [-0.2, 0) is 34.6 Å². The van der Waals surface area contributed by atoms with E-state index >= 15 is 0 Å². The fourth-order valence-electron chi connectivity index (χ4n) is 4.62. The van der Waals surface area contributed by atoms with Crippen LogP contribution >= 0.6 is 11.3 Å². The quantitative estimate of drug-likeness (QED) is 0.556. The first-order valence-corrected chi connectivity index (χ1v) is 13.0. The lowest BCUT2D eigenvalue weighted by molar-refractivity contribution is 0.0730. The number of aromatic nitrogens is 2. The maximum atomic E-state index is 13.6. The second-order valence-electron chi connectivity index (χ2n) is 8.21. The summed E-state index contributed by atoms with van der Waals surface area (Å²) >= 11 is 1.53. The van der Waals surface area contributed by atoms with Gasteiger partial charge in [0.2, 0.25) is 16.8 Å². The highest BCUT2D eigenvalue weighted by molar-refractivity contribution is 7.89. The van der Waals surface area contributed by atoms with E-state index in [4.69, 9.17) is 18.9 Å². The van der Waals surface area contributed by atoms with Gasteiger partial charge in [0.1, 0.15) is 4.90 Å². The van der Waals surface area contributed by atoms with Crippen LogP contribution in [0.3, 0.4) is 0 Å². The Hall–Kier alpha value is -2.60. The number of aryl methyl sites for hydroxylation is 3. The van der Waals surface area contributed by atoms with Crippen molar-refractivity contribution >= 4 is 21.4 Å². The lowest BCUT2D eigenvalue weighted by Crippen LogP contribution is -2.40. The van der Waals surface area contributed by atoms with Crippen LogP contribution in [0.2, 0.25) is 0 Å². The molecule has 2 aliphatic heterocycles. The lowest BCUT2D eigenvalue weighted by atomic mass is 9.92. The van der Waals surface area contributed by atoms with Crippen molar-refractivity contribution in [2.45, 2.75) is 24.7 Å². The largest absolute Gasteiger partial charge is 0.454 e. The molecule has 1 saturated heterocycles. The third kappa shape index (κ3) is 3.33. The summed E-state index contributed by atoms with van der Waals surface area (Å²) in [6.45, 7) is 3.43. The predicted molar refractivity (Wildman–Crippen MR) is 121 cm³/mol. The molecule has 0 N–H and O–H groups in total. The molecule has 2 aromatic heterocycles. The molecule has 33 heavy (non-hydrogen) atoms. The standard InChI is InChI=1S/C22H23N3O6S2/c1-13-15-4-3-14-11-23-24(2)21(14)20(15)22(32-13)31-18-9-16-17(30-12-29-16)10-19(18)33(26,27)25-5-7-28-8-6-25/h9-11H,3-8,12H2,1-2H3. The molecule has 3 aliphatic rings. The van der Waals surface area contributed by atoms with Gasteiger partial charge in [-0.2, -0.15) is 9.40 Å². The highest BCUT2D eigenvalue weighted by Gasteiger charge is 2.34. The van der Waals surface area contributed by atoms with Gasteiger partial charge in [-0.05, 0) is 30.9 Å². The molecule has 1 aliphatic carbocycles. The molecule has 0 radical (unpaired) electrons. The average molecular weight is 490 g/mol. The van der Waals surface area contributed by atoms with Gasteiger partial charge in [-0.3, -0.25) is 4.68 Å². The number of thiophene rings is 1. The molecule has 0 saturated carbocycles. The first-order chi connectivity index (χ1) is 15.9. The summed E-state index contributed by atoms with van der Waals surface area (Å²) in [6, 6.07) is 3.12. The number of benzene rings is 1. The second-order valence-corrected chi connectivity index (χ2v) is 11.3. The molecule has 1 aromatic carbocycles. The van der Waals surface area contributed by atoms with Gasteiger partial charge < -0.3 is 18.9 Å². The molecule has 11 heteroatoms. The van der Waals surface area contributed by atoms with E-state index in [2.05, 4.69) is 12.0 Å². The first kappa shape index (κ1) is 21.0. The Morgan fingerprint density at radius 1 is 1.12 bits per heavy atom. The molecule has 4 heterocycles. The van der Waals surface area contributed by atoms with Crippen molar-refractivity contribution in [1.82, 2.24) is 14.1 Å². The SMILES string of the molecule is Cc1sc(Oc2cc3c(cc2S(=O)(=O)N2CCOCC2)OCO3)c2c1CCc1cnn(C)c1-2. The van der Waals surface area contributed by atoms with E-state index in [1.807, 2.05) is 17.9 Å². The minimum Gasteiger partial charge on any atom is -0.454 e. The maximum absolute atomic E-state index is 13.6. The number of nitrogens with zero attached hydrogens (tertiary/aromatic N) is 3. The molecular formula is C22H23N3O6S2. The molecular weight excluding hydrogens is 466 g/mol. The van der Waals surface area contributed by atoms with E-state index in [9.17, 15) is 8.42 Å². The van der Waals surface area contributed by atoms with Gasteiger partial charge >= 0.3 is 0 Å². The first-order valence-electron chi connectivity index (χ1n) is 10.8. The van der Waals surface area contributed by atoms with Crippen molar-refractivity contribution in [2.75, 3.05) is 33.1 Å². The van der Waals surface area contributed by atoms with Gasteiger partial charge in [-0.25, -0.2) is 8.42 Å². The zero-order valence-electron chi connectivity index (χ0n) is 18.3. The molecule has 174 valence electrons. The Morgan fingerprint density at radius 2 is 1.88 bits per heavy atom. The summed E-state index contributed by atoms with van der Waals surface area (Å²) in [7, 11) is -1.91. The van der Waals surface area contributed by atoms with Gasteiger partial charge in [-0.1, -0.05) is 0 Å². The van der Waals surface area contributed by atoms with E-state index < -0.39 is 10.0 Å². The molecule has 1 fully saturated rings. The number of sulfonamides is 1. The summed E-state index contributed by atoms with van der Waals surface area (Å²) < 4.78 is 53.2. The number of fused-ring (bicyclic) bond motifs is 4. The molecule has 0 unspecified atom stereocenters. The zero-order valence-corrected chi connectivity index (χ0v) is 19.9. The number of morpholine rings is 1. The van der Waals surface area contributed by atoms with Crippen LogP contribution in [0.5, 0.6) is 22.3 Å². The minimum atomic E-state index is -3.83. The summed E-state index contributed by atoms with van der Waals surface area (Å²) in [5, 5.41) is 5.09. The number of rotatable bonds is 4. The topological polar surface area (TPSA) is 92.1 Å². The maximum Gasteiger partial charge on any atom is 0.247 e. The van der Waals surface area contributed by atoms with Crippen molar-refractivity contribution < 1.29 is 27.4 Å². The van der Waals surface area contributed by atoms with Gasteiger partial charge in [0.25, 0.3) is 0 Å². The Kier molecular flexibility index (Phi) is 4.91. The second kappa shape index (κ2) is 7.73. The van der Waals surface area contributed by atoms with Gasteiger partial charge in [0.15, 0.2) is 22.3 Å². The molecule has 9 nitrogen and oxygen atoms in total. The van der Waals surface area contributed by atoms with Crippen LogP contribution in [0.25, 0.3) is 11.3 Å². The van der Waals surface area contributed by atoms with Crippen molar-refractivity contribution in [1.29, 1.82) is 0 Å². The average Bonchev–Trinajstić information content (AvgIpc) is 3.51. The number of ether oxygens (including phenoxy) is 4. The van der Waals surface area contributed by atoms with Gasteiger partial charge in [0, 0.05) is 37.1 Å². The molecule has 0 bridgehead atoms. The molecule has 0 atom stereocenters. The smallest absolute Gasteiger partial charge is 0.247 e. The van der Waals surface area contributed by atoms with Crippen LogP contribution in [0.1, 0.15) is 16.0 Å². The molecule has 0 spiro atoms. The third-order valence-corrected chi connectivity index (χ3v) is 9.25. The summed E-state index contributed by atoms with van der Waals surface area (Å²) in [4.78, 5) is 1.22. The van der Waals surface area contributed by atoms with E-state index in [1.54, 1.807) is 6.07 Å². The third-order valence-electron chi connectivity index (χ3n) is 6.30. The van der Waals surface area contributed by atoms with Crippen LogP contribution in [0, 0.1) is 6.92 Å². The lowest BCUT2D eigenvalue weighted by Gasteiger charge is -2.27. The zero-order chi connectivity index (χ0) is 22.7. The van der Waals surface area contributed by atoms with Crippen LogP contribution in [0.4, 0.5) is 0 Å². The number of hydrogen-bond acceptors (Lipinski definition) is 8. The van der Waals surface area contributed by atoms with E-state index in [-0.39, 0.29) is 17.4 Å². The Balaban J connectivity index is 1.48. The Labute approximate surface area is 195 Å². The number of hydrogen-bond donors (Lipinski definition) is 0. The van der Waals surface area contributed by atoms with Crippen LogP contribution < -0.4 is 14.2 Å². The normalized spacial score (nSPS) is 17.6. The van der Waals surface area contributed by atoms with Crippen molar-refractivity contribution in [3.63, 3.8) is 0 Å². The Morgan fingerprint density at radius 3 is 2.67 bits per heavy atom. The predicted octanol–water partition coefficient (Wildman–Crippen LogP) is 3.10. The summed E-state index contributed by atoms with van der Waals surface area (Å²) in [5.41, 5.74) is 4.41. The van der Waals surface area contributed by atoms with E-state index in [0.29, 0.717) is 42.9 Å². The van der Waals surface area contributed by atoms with Crippen LogP contribution in [0.15, 0.2) is 23.2 Å². The summed E-state index contributed by atoms with van der Waals surface area (Å²) in [5.74, 6) is 1.09. The minimum absolute atomic E-state index is 0.0434. The summed E-state index contributed by atoms with van der Waals surface area (Å²) in [6.07, 6.45) is 3.72. The molecule has 0 amide bonds. The fraction of sp³-hybridized carbons (Fsp3) is 0.409. The molecule has 3 aromatic rings. The van der Waals surface area contributed by atoms with Crippen LogP contribution in [-0.4, -0.2) is 55.6 Å². The van der Waals surface area contributed by atoms with Crippen molar-refractivity contribution in [2.24, 2.45) is 7.05 Å². The monoisotopic (exact) mass is 489 g/mol. The van der Waals surface area contributed by atoms with Crippen molar-refractivity contribution in [3.8, 4) is 33.6 Å². The molecule has 6 rings (SSSR count). The fourth-order valence-corrected chi connectivity index (χ4v) is 7.20.